The topological polar surface area (TPSA) is 90.9 Å². The molecule has 0 spiro atoms. The summed E-state index contributed by atoms with van der Waals surface area (Å²) in [5.74, 6) is -0.0599. The number of hydrogen-bond acceptors (Lipinski definition) is 5. The lowest BCUT2D eigenvalue weighted by Crippen LogP contribution is -2.65. The maximum Gasteiger partial charge on any atom is 0.169 e. The summed E-state index contributed by atoms with van der Waals surface area (Å²) in [6, 6.07) is 0. The van der Waals surface area contributed by atoms with Gasteiger partial charge in [0.2, 0.25) is 0 Å². The minimum absolute atomic E-state index is 0.0130. The first-order valence-corrected chi connectivity index (χ1v) is 9.33. The van der Waals surface area contributed by atoms with Crippen LogP contribution in [-0.2, 0) is 16.6 Å². The van der Waals surface area contributed by atoms with Crippen LogP contribution in [-0.4, -0.2) is 40.4 Å². The second-order valence-corrected chi connectivity index (χ2v) is 8.97. The number of aliphatic hydroxyl groups excluding tert-OH is 3. The van der Waals surface area contributed by atoms with E-state index in [0.29, 0.717) is 6.42 Å². The van der Waals surface area contributed by atoms with Gasteiger partial charge in [-0.2, -0.15) is 0 Å². The summed E-state index contributed by atoms with van der Waals surface area (Å²) in [5.41, 5.74) is 0.682. The summed E-state index contributed by atoms with van der Waals surface area (Å²) < 4.78 is 5.46. The number of Topliss-reactive ketones (excluding diaryl/α,β-unsaturated/α-hetero) is 1. The number of aryl methyl sites for hydroxylation is 1. The first-order valence-electron chi connectivity index (χ1n) is 9.33. The molecule has 5 nitrogen and oxygen atoms in total. The Balaban J connectivity index is 1.85. The van der Waals surface area contributed by atoms with Crippen molar-refractivity contribution >= 4 is 5.78 Å². The summed E-state index contributed by atoms with van der Waals surface area (Å²) in [6.45, 7) is 3.77. The Kier molecular flexibility index (Phi) is 3.74. The van der Waals surface area contributed by atoms with Crippen LogP contribution in [0.3, 0.4) is 0 Å². The molecule has 138 valence electrons. The lowest BCUT2D eigenvalue weighted by molar-refractivity contribution is -0.183. The van der Waals surface area contributed by atoms with Gasteiger partial charge in [0.15, 0.2) is 5.78 Å². The number of rotatable bonds is 2. The van der Waals surface area contributed by atoms with E-state index in [1.807, 2.05) is 0 Å². The molecule has 2 fully saturated rings. The molecule has 4 rings (SSSR count). The van der Waals surface area contributed by atoms with Crippen LogP contribution < -0.4 is 0 Å². The van der Waals surface area contributed by atoms with E-state index in [4.69, 9.17) is 4.42 Å². The Bertz CT molecular complexity index is 696. The molecule has 3 N–H and O–H groups in total. The normalized spacial score (nSPS) is 46.3. The number of furan rings is 1. The van der Waals surface area contributed by atoms with Gasteiger partial charge in [0, 0.05) is 11.0 Å². The van der Waals surface area contributed by atoms with Crippen LogP contribution in [0.2, 0.25) is 0 Å². The van der Waals surface area contributed by atoms with Gasteiger partial charge in [-0.25, -0.2) is 0 Å². The molecule has 0 unspecified atom stereocenters. The van der Waals surface area contributed by atoms with Crippen molar-refractivity contribution < 1.29 is 24.5 Å². The van der Waals surface area contributed by atoms with E-state index in [0.717, 1.165) is 31.2 Å². The van der Waals surface area contributed by atoms with Crippen LogP contribution in [0.4, 0.5) is 0 Å². The molecule has 1 heterocycles. The fraction of sp³-hybridized carbons (Fsp3) is 0.750. The molecule has 25 heavy (non-hydrogen) atoms. The molecule has 3 aliphatic rings. The fourth-order valence-electron chi connectivity index (χ4n) is 6.82. The van der Waals surface area contributed by atoms with Crippen molar-refractivity contribution in [2.24, 2.45) is 22.7 Å². The second kappa shape index (κ2) is 5.41. The zero-order valence-corrected chi connectivity index (χ0v) is 15.0. The van der Waals surface area contributed by atoms with E-state index < -0.39 is 11.5 Å². The van der Waals surface area contributed by atoms with Gasteiger partial charge < -0.3 is 19.7 Å². The van der Waals surface area contributed by atoms with Crippen LogP contribution in [0.25, 0.3) is 0 Å². The quantitative estimate of drug-likeness (QED) is 0.758. The molecule has 6 atom stereocenters. The molecule has 1 aromatic heterocycles. The average molecular weight is 348 g/mol. The molecule has 1 aromatic rings. The van der Waals surface area contributed by atoms with Crippen molar-refractivity contribution in [3.63, 3.8) is 0 Å². The van der Waals surface area contributed by atoms with E-state index >= 15 is 0 Å². The maximum atomic E-state index is 12.7. The smallest absolute Gasteiger partial charge is 0.169 e. The second-order valence-electron chi connectivity index (χ2n) is 8.97. The Hall–Kier alpha value is -1.17. The van der Waals surface area contributed by atoms with Gasteiger partial charge in [0.05, 0.1) is 31.2 Å². The monoisotopic (exact) mass is 348 g/mol. The minimum Gasteiger partial charge on any atom is -0.472 e. The highest BCUT2D eigenvalue weighted by Gasteiger charge is 2.65. The van der Waals surface area contributed by atoms with Gasteiger partial charge in [-0.05, 0) is 54.9 Å². The molecule has 0 aromatic carbocycles. The van der Waals surface area contributed by atoms with E-state index in [9.17, 15) is 20.1 Å². The number of aliphatic hydroxyl groups is 3. The molecule has 0 amide bonds. The molecule has 0 radical (unpaired) electrons. The van der Waals surface area contributed by atoms with Crippen molar-refractivity contribution in [1.82, 2.24) is 0 Å². The third kappa shape index (κ3) is 1.97. The highest BCUT2D eigenvalue weighted by atomic mass is 16.3. The summed E-state index contributed by atoms with van der Waals surface area (Å²) in [5, 5.41) is 31.0. The van der Waals surface area contributed by atoms with Crippen LogP contribution in [0.15, 0.2) is 16.9 Å². The zero-order chi connectivity index (χ0) is 18.0. The van der Waals surface area contributed by atoms with Gasteiger partial charge in [-0.1, -0.05) is 13.8 Å². The molecule has 0 bridgehead atoms. The Morgan fingerprint density at radius 3 is 2.60 bits per heavy atom. The Morgan fingerprint density at radius 2 is 1.92 bits per heavy atom. The predicted molar refractivity (Wildman–Crippen MR) is 90.9 cm³/mol. The molecule has 3 aliphatic carbocycles. The number of fused-ring (bicyclic) bond motifs is 5. The lowest BCUT2D eigenvalue weighted by Gasteiger charge is -2.64. The summed E-state index contributed by atoms with van der Waals surface area (Å²) >= 11 is 0. The molecule has 0 saturated heterocycles. The number of ketones is 1. The summed E-state index contributed by atoms with van der Waals surface area (Å²) in [4.78, 5) is 12.7. The Labute approximate surface area is 148 Å². The van der Waals surface area contributed by atoms with E-state index in [-0.39, 0.29) is 41.7 Å². The van der Waals surface area contributed by atoms with Crippen LogP contribution in [0, 0.1) is 22.7 Å². The molecular formula is C20H28O5. The van der Waals surface area contributed by atoms with Crippen LogP contribution >= 0.6 is 0 Å². The van der Waals surface area contributed by atoms with Gasteiger partial charge >= 0.3 is 0 Å². The standard InChI is InChI=1S/C20H28O5/c1-18-7-14(23)17(24)19(2,10-21)15(18)5-6-20(11-22)13-9-25-8-12(13)3-4-16(18)20/h8-9,14-16,21-23H,3-7,10-11H2,1-2H3/t14-,15-,16-,18+,19-,20-/m0/s1. The summed E-state index contributed by atoms with van der Waals surface area (Å²) in [7, 11) is 0. The highest BCUT2D eigenvalue weighted by molar-refractivity contribution is 5.90. The van der Waals surface area contributed by atoms with E-state index in [2.05, 4.69) is 6.92 Å². The van der Waals surface area contributed by atoms with Crippen molar-refractivity contribution in [3.05, 3.63) is 23.7 Å². The SMILES string of the molecule is C[C@@]12C[C@H](O)C(=O)[C@@](C)(CO)[C@H]1CC[C@]1(CO)c3cocc3CC[C@H]12. The zero-order valence-electron chi connectivity index (χ0n) is 15.0. The molecule has 5 heteroatoms. The molecule has 2 saturated carbocycles. The van der Waals surface area contributed by atoms with Gasteiger partial charge in [0.25, 0.3) is 0 Å². The first-order chi connectivity index (χ1) is 11.8. The van der Waals surface area contributed by atoms with Gasteiger partial charge in [-0.3, -0.25) is 4.79 Å². The van der Waals surface area contributed by atoms with Crippen molar-refractivity contribution in [1.29, 1.82) is 0 Å². The molecular weight excluding hydrogens is 320 g/mol. The molecule has 0 aliphatic heterocycles. The number of hydrogen-bond donors (Lipinski definition) is 3. The van der Waals surface area contributed by atoms with Crippen LogP contribution in [0.1, 0.15) is 50.7 Å². The van der Waals surface area contributed by atoms with Crippen LogP contribution in [0.5, 0.6) is 0 Å². The van der Waals surface area contributed by atoms with Crippen molar-refractivity contribution in [2.75, 3.05) is 13.2 Å². The van der Waals surface area contributed by atoms with E-state index in [1.165, 1.54) is 5.56 Å². The highest BCUT2D eigenvalue weighted by Crippen LogP contribution is 2.66. The fourth-order valence-corrected chi connectivity index (χ4v) is 6.82. The number of carbonyl (C=O) groups excluding carboxylic acids is 1. The largest absolute Gasteiger partial charge is 0.472 e. The Morgan fingerprint density at radius 1 is 1.16 bits per heavy atom. The average Bonchev–Trinajstić information content (AvgIpc) is 3.09. The van der Waals surface area contributed by atoms with Crippen molar-refractivity contribution in [2.45, 2.75) is 57.5 Å². The summed E-state index contributed by atoms with van der Waals surface area (Å²) in [6.07, 6.45) is 6.26. The third-order valence-electron chi connectivity index (χ3n) is 8.00. The van der Waals surface area contributed by atoms with Crippen molar-refractivity contribution in [3.8, 4) is 0 Å². The number of carbonyl (C=O) groups is 1. The minimum atomic E-state index is -1.04. The predicted octanol–water partition coefficient (Wildman–Crippen LogP) is 1.82. The maximum absolute atomic E-state index is 12.7. The van der Waals surface area contributed by atoms with Gasteiger partial charge in [-0.15, -0.1) is 0 Å². The van der Waals surface area contributed by atoms with E-state index in [1.54, 1.807) is 19.5 Å². The van der Waals surface area contributed by atoms with Gasteiger partial charge in [0.1, 0.15) is 6.10 Å². The first kappa shape index (κ1) is 17.3. The third-order valence-corrected chi connectivity index (χ3v) is 8.00. The lowest BCUT2D eigenvalue weighted by atomic mass is 9.40.